The maximum Gasteiger partial charge on any atom is 0.471 e. The molecule has 32 heavy (non-hydrogen) atoms. The largest absolute Gasteiger partial charge is 0.471 e. The molecule has 3 aromatic heterocycles. The van der Waals surface area contributed by atoms with Crippen LogP contribution in [-0.4, -0.2) is 59.2 Å². The number of carbonyl (C=O) groups excluding carboxylic acids is 2. The summed E-state index contributed by atoms with van der Waals surface area (Å²) < 4.78 is 47.6. The van der Waals surface area contributed by atoms with E-state index in [1.807, 2.05) is 17.5 Å². The van der Waals surface area contributed by atoms with Gasteiger partial charge in [0.05, 0.1) is 35.4 Å². The predicted molar refractivity (Wildman–Crippen MR) is 109 cm³/mol. The summed E-state index contributed by atoms with van der Waals surface area (Å²) in [5, 5.41) is 7.99. The van der Waals surface area contributed by atoms with Crippen LogP contribution in [0.1, 0.15) is 20.4 Å². The number of carbonyl (C=O) groups is 2. The third-order valence-corrected chi connectivity index (χ3v) is 6.63. The van der Waals surface area contributed by atoms with E-state index >= 15 is 0 Å². The second-order valence-electron chi connectivity index (χ2n) is 6.87. The molecule has 4 heterocycles. The van der Waals surface area contributed by atoms with Crippen molar-refractivity contribution in [2.75, 3.05) is 26.3 Å². The van der Waals surface area contributed by atoms with Crippen LogP contribution in [0.25, 0.3) is 10.7 Å². The average Bonchev–Trinajstić information content (AvgIpc) is 3.52. The first-order valence-corrected chi connectivity index (χ1v) is 11.2. The fourth-order valence-corrected chi connectivity index (χ4v) is 4.68. The number of hydrogen-bond acceptors (Lipinski definition) is 8. The average molecular weight is 486 g/mol. The molecule has 0 aliphatic carbocycles. The van der Waals surface area contributed by atoms with Crippen molar-refractivity contribution < 1.29 is 32.0 Å². The van der Waals surface area contributed by atoms with Gasteiger partial charge in [-0.2, -0.15) is 18.2 Å². The van der Waals surface area contributed by atoms with E-state index in [-0.39, 0.29) is 34.1 Å². The van der Waals surface area contributed by atoms with Crippen molar-refractivity contribution in [3.05, 3.63) is 45.3 Å². The van der Waals surface area contributed by atoms with Crippen LogP contribution in [0.3, 0.4) is 0 Å². The van der Waals surface area contributed by atoms with E-state index in [9.17, 15) is 22.8 Å². The summed E-state index contributed by atoms with van der Waals surface area (Å²) in [4.78, 5) is 31.8. The van der Waals surface area contributed by atoms with Crippen molar-refractivity contribution in [2.24, 2.45) is 0 Å². The number of hydrogen-bond donors (Lipinski definition) is 1. The highest BCUT2D eigenvalue weighted by Crippen LogP contribution is 2.31. The predicted octanol–water partition coefficient (Wildman–Crippen LogP) is 3.08. The lowest BCUT2D eigenvalue weighted by Gasteiger charge is -2.35. The van der Waals surface area contributed by atoms with Gasteiger partial charge in [0.25, 0.3) is 5.91 Å². The van der Waals surface area contributed by atoms with Gasteiger partial charge in [0.15, 0.2) is 0 Å². The summed E-state index contributed by atoms with van der Waals surface area (Å²) >= 11 is 2.45. The molecular weight excluding hydrogens is 469 g/mol. The molecule has 4 rings (SSSR count). The first kappa shape index (κ1) is 22.4. The topological polar surface area (TPSA) is 97.6 Å². The summed E-state index contributed by atoms with van der Waals surface area (Å²) in [6, 6.07) is 6.39. The molecule has 1 N–H and O–H groups in total. The van der Waals surface area contributed by atoms with E-state index in [0.717, 1.165) is 16.2 Å². The summed E-state index contributed by atoms with van der Waals surface area (Å²) in [6.07, 6.45) is -4.45. The van der Waals surface area contributed by atoms with E-state index < -0.39 is 18.0 Å². The minimum atomic E-state index is -4.74. The second-order valence-corrected chi connectivity index (χ2v) is 8.98. The van der Waals surface area contributed by atoms with Gasteiger partial charge in [0.2, 0.25) is 11.7 Å². The number of rotatable bonds is 6. The molecule has 3 aromatic rings. The Kier molecular flexibility index (Phi) is 6.58. The van der Waals surface area contributed by atoms with Crippen LogP contribution >= 0.6 is 22.7 Å². The van der Waals surface area contributed by atoms with Gasteiger partial charge in [-0.15, -0.1) is 22.7 Å². The zero-order valence-corrected chi connectivity index (χ0v) is 18.1. The molecule has 8 nitrogen and oxygen atoms in total. The summed E-state index contributed by atoms with van der Waals surface area (Å²) in [5.74, 6) is -2.15. The third kappa shape index (κ3) is 5.16. The Morgan fingerprint density at radius 2 is 2.12 bits per heavy atom. The Labute approximate surface area is 188 Å². The smallest absolute Gasteiger partial charge is 0.377 e. The quantitative estimate of drug-likeness (QED) is 0.575. The Morgan fingerprint density at radius 1 is 1.28 bits per heavy atom. The number of aromatic nitrogens is 2. The van der Waals surface area contributed by atoms with Crippen molar-refractivity contribution in [1.29, 1.82) is 0 Å². The van der Waals surface area contributed by atoms with Gasteiger partial charge in [0.1, 0.15) is 0 Å². The minimum absolute atomic E-state index is 0.0361. The first-order valence-electron chi connectivity index (χ1n) is 9.50. The Morgan fingerprint density at radius 3 is 2.84 bits per heavy atom. The molecule has 0 bridgehead atoms. The van der Waals surface area contributed by atoms with Crippen molar-refractivity contribution in [2.45, 2.75) is 18.6 Å². The Balaban J connectivity index is 1.36. The number of amides is 2. The molecular formula is C19H17F3N4O4S2. The molecule has 0 spiro atoms. The molecule has 1 aliphatic rings. The normalized spacial score (nSPS) is 16.8. The maximum absolute atomic E-state index is 12.7. The molecule has 1 atom stereocenters. The maximum atomic E-state index is 12.7. The summed E-state index contributed by atoms with van der Waals surface area (Å²) in [5.41, 5.74) is 0. The number of nitrogens with zero attached hydrogens (tertiary/aromatic N) is 3. The standard InChI is InChI=1S/C19H17F3N4O4S2/c20-19(21,22)18-24-16(25-30-18)13-3-4-14(32-13)17(28)23-9-11-10-29-6-5-26(11)15(27)8-12-2-1-7-31-12/h1-4,7,11H,5-6,8-10H2,(H,23,28). The van der Waals surface area contributed by atoms with Crippen molar-refractivity contribution in [1.82, 2.24) is 20.4 Å². The Hall–Kier alpha value is -2.77. The number of nitrogens with one attached hydrogen (secondary N) is 1. The van der Waals surface area contributed by atoms with Gasteiger partial charge in [-0.3, -0.25) is 9.59 Å². The first-order chi connectivity index (χ1) is 15.3. The van der Waals surface area contributed by atoms with Gasteiger partial charge in [0, 0.05) is 18.0 Å². The molecule has 2 amide bonds. The van der Waals surface area contributed by atoms with Crippen molar-refractivity contribution >= 4 is 34.5 Å². The number of thiophene rings is 2. The molecule has 1 fully saturated rings. The molecule has 13 heteroatoms. The minimum Gasteiger partial charge on any atom is -0.377 e. The van der Waals surface area contributed by atoms with Gasteiger partial charge >= 0.3 is 12.1 Å². The van der Waals surface area contributed by atoms with Crippen LogP contribution in [0, 0.1) is 0 Å². The number of halogens is 3. The Bertz CT molecular complexity index is 1080. The monoisotopic (exact) mass is 486 g/mol. The highest BCUT2D eigenvalue weighted by molar-refractivity contribution is 7.17. The third-order valence-electron chi connectivity index (χ3n) is 4.67. The molecule has 0 aromatic carbocycles. The van der Waals surface area contributed by atoms with Crippen LogP contribution in [0.15, 0.2) is 34.2 Å². The van der Waals surface area contributed by atoms with E-state index in [0.29, 0.717) is 26.2 Å². The van der Waals surface area contributed by atoms with Crippen LogP contribution in [0.5, 0.6) is 0 Å². The fourth-order valence-electron chi connectivity index (χ4n) is 3.13. The summed E-state index contributed by atoms with van der Waals surface area (Å²) in [7, 11) is 0. The second kappa shape index (κ2) is 9.38. The van der Waals surface area contributed by atoms with Crippen molar-refractivity contribution in [3.63, 3.8) is 0 Å². The molecule has 0 radical (unpaired) electrons. The number of morpholine rings is 1. The van der Waals surface area contributed by atoms with Crippen molar-refractivity contribution in [3.8, 4) is 10.7 Å². The van der Waals surface area contributed by atoms with Crippen LogP contribution in [0.2, 0.25) is 0 Å². The lowest BCUT2D eigenvalue weighted by molar-refractivity contribution is -0.159. The van der Waals surface area contributed by atoms with Gasteiger partial charge in [-0.25, -0.2) is 0 Å². The van der Waals surface area contributed by atoms with Gasteiger partial charge in [-0.1, -0.05) is 11.2 Å². The zero-order valence-electron chi connectivity index (χ0n) is 16.4. The van der Waals surface area contributed by atoms with Crippen LogP contribution < -0.4 is 5.32 Å². The molecule has 0 saturated carbocycles. The van der Waals surface area contributed by atoms with Crippen LogP contribution in [-0.2, 0) is 22.1 Å². The van der Waals surface area contributed by atoms with E-state index in [2.05, 4.69) is 20.0 Å². The highest BCUT2D eigenvalue weighted by atomic mass is 32.1. The lowest BCUT2D eigenvalue weighted by atomic mass is 10.2. The SMILES string of the molecule is O=C(NCC1COCCN1C(=O)Cc1cccs1)c1ccc(-c2noc(C(F)(F)F)n2)s1. The molecule has 1 saturated heterocycles. The fraction of sp³-hybridized carbons (Fsp3) is 0.368. The van der Waals surface area contributed by atoms with Crippen LogP contribution in [0.4, 0.5) is 13.2 Å². The van der Waals surface area contributed by atoms with E-state index in [1.165, 1.54) is 23.5 Å². The van der Waals surface area contributed by atoms with Gasteiger partial charge in [-0.05, 0) is 23.6 Å². The molecule has 170 valence electrons. The van der Waals surface area contributed by atoms with Gasteiger partial charge < -0.3 is 19.5 Å². The number of alkyl halides is 3. The molecule has 1 unspecified atom stereocenters. The highest BCUT2D eigenvalue weighted by Gasteiger charge is 2.38. The molecule has 1 aliphatic heterocycles. The number of ether oxygens (including phenoxy) is 1. The zero-order chi connectivity index (χ0) is 22.7. The van der Waals surface area contributed by atoms with E-state index in [1.54, 1.807) is 4.90 Å². The van der Waals surface area contributed by atoms with E-state index in [4.69, 9.17) is 4.74 Å². The summed E-state index contributed by atoms with van der Waals surface area (Å²) in [6.45, 7) is 1.35. The lowest BCUT2D eigenvalue weighted by Crippen LogP contribution is -2.53.